The Bertz CT molecular complexity index is 2200. The minimum atomic E-state index is -1.23. The largest absolute Gasteiger partial charge is 0.357 e. The molecule has 1 unspecified atom stereocenters. The monoisotopic (exact) mass is 1020 g/mol. The average molecular weight is 1020 g/mol. The average Bonchev–Trinajstić information content (AvgIpc) is 3.84. The van der Waals surface area contributed by atoms with Crippen LogP contribution in [0.15, 0.2) is 48.1 Å². The van der Waals surface area contributed by atoms with Crippen LogP contribution in [0.1, 0.15) is 98.0 Å². The minimum Gasteiger partial charge on any atom is -0.357 e. The fourth-order valence-electron chi connectivity index (χ4n) is 8.69. The van der Waals surface area contributed by atoms with Gasteiger partial charge in [0.05, 0.1) is 18.5 Å². The number of likely N-dealkylation sites (tertiary alicyclic amines) is 1. The Morgan fingerprint density at radius 1 is 0.808 bits per heavy atom. The van der Waals surface area contributed by atoms with Gasteiger partial charge in [-0.3, -0.25) is 43.7 Å². The summed E-state index contributed by atoms with van der Waals surface area (Å²) in [5.41, 5.74) is 7.06. The number of likely N-dealkylation sites (N-methyl/N-ethyl adjacent to an activating group) is 2. The van der Waals surface area contributed by atoms with Crippen LogP contribution in [0.5, 0.6) is 0 Å². The number of unbranched alkanes of at least 4 members (excludes halogenated alkanes) is 1. The van der Waals surface area contributed by atoms with Gasteiger partial charge in [-0.1, -0.05) is 49.8 Å². The number of rotatable bonds is 26. The standard InChI is InChI=1S/C50H77N13O10/c1-28(2)24-37(45(68)57-35(12-9-10-22-62(8)29(3)4)48(71)63-23-11-13-40(63)47(70)54-30(5)42(65)53-7)58-46(69)38(26-32-16-20-34(21-17-32)56-49(51)72)59-43(66)36(52-6)25-31-14-18-33(19-15-31)55-44(67)39-27-41(64)61-50(73)60-39/h14-18,20-21,28-30,33,35-40,52H,9-13,19,22-27H2,1-8H3,(H,53,65)(H,54,70)(H,55,67)(H,57,68)(H,58,69)(H,59,66)(H3,51,56,72)(H2,60,61,64,73)/t30-,33?,35+,36+,37+,38-,39+,40+/m1/s1. The van der Waals surface area contributed by atoms with E-state index >= 15 is 0 Å². The summed E-state index contributed by atoms with van der Waals surface area (Å²) in [5.74, 6) is -4.32. The number of primary amides is 1. The number of carbonyl (C=O) groups is 10. The predicted molar refractivity (Wildman–Crippen MR) is 273 cm³/mol. The first kappa shape index (κ1) is 58.7. The summed E-state index contributed by atoms with van der Waals surface area (Å²) in [5, 5.41) is 26.7. The molecule has 1 aromatic rings. The Balaban J connectivity index is 1.54. The molecule has 8 atom stereocenters. The number of hydrogen-bond donors (Lipinski definition) is 11. The molecule has 12 N–H and O–H groups in total. The van der Waals surface area contributed by atoms with Gasteiger partial charge in [0, 0.05) is 31.7 Å². The molecule has 402 valence electrons. The smallest absolute Gasteiger partial charge is 0.322 e. The summed E-state index contributed by atoms with van der Waals surface area (Å²) in [6.07, 6.45) is 8.30. The third-order valence-corrected chi connectivity index (χ3v) is 13.1. The van der Waals surface area contributed by atoms with Crippen LogP contribution >= 0.6 is 0 Å². The third kappa shape index (κ3) is 18.6. The second kappa shape index (κ2) is 28.4. The van der Waals surface area contributed by atoms with Gasteiger partial charge in [0.15, 0.2) is 0 Å². The van der Waals surface area contributed by atoms with E-state index in [9.17, 15) is 47.9 Å². The summed E-state index contributed by atoms with van der Waals surface area (Å²) in [7, 11) is 5.06. The van der Waals surface area contributed by atoms with Crippen molar-refractivity contribution in [2.45, 2.75) is 153 Å². The van der Waals surface area contributed by atoms with E-state index < -0.39 is 102 Å². The van der Waals surface area contributed by atoms with Gasteiger partial charge in [-0.25, -0.2) is 9.59 Å². The zero-order chi connectivity index (χ0) is 53.9. The van der Waals surface area contributed by atoms with Crippen molar-refractivity contribution in [3.8, 4) is 0 Å². The van der Waals surface area contributed by atoms with E-state index in [0.29, 0.717) is 43.0 Å². The lowest BCUT2D eigenvalue weighted by Crippen LogP contribution is -2.59. The molecule has 0 bridgehead atoms. The maximum absolute atomic E-state index is 14.5. The minimum absolute atomic E-state index is 0.0309. The maximum atomic E-state index is 14.5. The van der Waals surface area contributed by atoms with Gasteiger partial charge in [-0.2, -0.15) is 0 Å². The van der Waals surface area contributed by atoms with Crippen LogP contribution in [-0.2, 0) is 44.8 Å². The maximum Gasteiger partial charge on any atom is 0.322 e. The van der Waals surface area contributed by atoms with Gasteiger partial charge in [-0.15, -0.1) is 0 Å². The van der Waals surface area contributed by atoms with E-state index in [4.69, 9.17) is 5.73 Å². The van der Waals surface area contributed by atoms with E-state index in [2.05, 4.69) is 71.9 Å². The Morgan fingerprint density at radius 2 is 1.47 bits per heavy atom. The Hall–Kier alpha value is -6.88. The van der Waals surface area contributed by atoms with Gasteiger partial charge in [-0.05, 0) is 116 Å². The van der Waals surface area contributed by atoms with Gasteiger partial charge in [0.2, 0.25) is 47.3 Å². The number of benzene rings is 1. The van der Waals surface area contributed by atoms with E-state index in [-0.39, 0.29) is 50.5 Å². The number of amides is 12. The fraction of sp³-hybridized carbons (Fsp3) is 0.600. The number of hydrogen-bond acceptors (Lipinski definition) is 12. The molecule has 73 heavy (non-hydrogen) atoms. The molecule has 0 spiro atoms. The molecule has 0 radical (unpaired) electrons. The van der Waals surface area contributed by atoms with E-state index in [1.165, 1.54) is 11.9 Å². The number of imide groups is 1. The number of anilines is 1. The fourth-order valence-corrected chi connectivity index (χ4v) is 8.69. The lowest BCUT2D eigenvalue weighted by molar-refractivity contribution is -0.142. The summed E-state index contributed by atoms with van der Waals surface area (Å²) in [6, 6.07) is -2.12. The topological polar surface area (TPSA) is 323 Å². The van der Waals surface area contributed by atoms with E-state index in [0.717, 1.165) is 18.5 Å². The summed E-state index contributed by atoms with van der Waals surface area (Å²) in [6.45, 7) is 10.5. The van der Waals surface area contributed by atoms with E-state index in [1.807, 2.05) is 27.0 Å². The van der Waals surface area contributed by atoms with Crippen LogP contribution in [0.4, 0.5) is 15.3 Å². The summed E-state index contributed by atoms with van der Waals surface area (Å²) >= 11 is 0. The highest BCUT2D eigenvalue weighted by Gasteiger charge is 2.40. The Morgan fingerprint density at radius 3 is 2.07 bits per heavy atom. The summed E-state index contributed by atoms with van der Waals surface area (Å²) in [4.78, 5) is 135. The van der Waals surface area contributed by atoms with Gasteiger partial charge >= 0.3 is 12.1 Å². The van der Waals surface area contributed by atoms with Crippen molar-refractivity contribution in [3.05, 3.63) is 53.6 Å². The molecule has 2 fully saturated rings. The molecular formula is C50H77N13O10. The second-order valence-electron chi connectivity index (χ2n) is 19.6. The molecule has 3 aliphatic rings. The van der Waals surface area contributed by atoms with Crippen molar-refractivity contribution in [3.63, 3.8) is 0 Å². The van der Waals surface area contributed by atoms with Crippen molar-refractivity contribution >= 4 is 65.0 Å². The number of urea groups is 2. The first-order chi connectivity index (χ1) is 34.6. The van der Waals surface area contributed by atoms with Crippen LogP contribution in [0.25, 0.3) is 0 Å². The lowest BCUT2D eigenvalue weighted by atomic mass is 9.96. The van der Waals surface area contributed by atoms with Gasteiger partial charge in [0.1, 0.15) is 36.3 Å². The van der Waals surface area contributed by atoms with Crippen molar-refractivity contribution in [2.75, 3.05) is 39.5 Å². The highest BCUT2D eigenvalue weighted by molar-refractivity contribution is 6.02. The van der Waals surface area contributed by atoms with Crippen molar-refractivity contribution < 1.29 is 47.9 Å². The first-order valence-electron chi connectivity index (χ1n) is 25.1. The molecule has 12 amide bonds. The van der Waals surface area contributed by atoms with Crippen molar-refractivity contribution in [1.82, 2.24) is 57.7 Å². The molecule has 23 heteroatoms. The molecule has 23 nitrogen and oxygen atoms in total. The summed E-state index contributed by atoms with van der Waals surface area (Å²) < 4.78 is 0. The quantitative estimate of drug-likeness (QED) is 0.0544. The van der Waals surface area contributed by atoms with Crippen molar-refractivity contribution in [2.24, 2.45) is 11.7 Å². The van der Waals surface area contributed by atoms with E-state index in [1.54, 1.807) is 50.4 Å². The molecule has 2 saturated heterocycles. The molecule has 0 saturated carbocycles. The number of nitrogens with zero attached hydrogens (tertiary/aromatic N) is 2. The molecule has 0 aromatic heterocycles. The molecule has 4 rings (SSSR count). The van der Waals surface area contributed by atoms with Crippen molar-refractivity contribution in [1.29, 1.82) is 0 Å². The highest BCUT2D eigenvalue weighted by Crippen LogP contribution is 2.22. The first-order valence-corrected chi connectivity index (χ1v) is 25.1. The second-order valence-corrected chi connectivity index (χ2v) is 19.6. The zero-order valence-corrected chi connectivity index (χ0v) is 43.4. The molecular weight excluding hydrogens is 943 g/mol. The van der Waals surface area contributed by atoms with Gasteiger partial charge in [0.25, 0.3) is 0 Å². The van der Waals surface area contributed by atoms with Crippen LogP contribution in [0.3, 0.4) is 0 Å². The Labute approximate surface area is 427 Å². The number of allylic oxidation sites excluding steroid dienone is 1. The number of nitrogens with one attached hydrogen (secondary N) is 10. The molecule has 2 heterocycles. The van der Waals surface area contributed by atoms with Crippen LogP contribution in [0, 0.1) is 5.92 Å². The van der Waals surface area contributed by atoms with Crippen LogP contribution in [0.2, 0.25) is 0 Å². The predicted octanol–water partition coefficient (Wildman–Crippen LogP) is -0.0803. The zero-order valence-electron chi connectivity index (χ0n) is 43.4. The van der Waals surface area contributed by atoms with Crippen LogP contribution in [-0.4, -0.2) is 158 Å². The molecule has 1 aromatic carbocycles. The molecule has 2 aliphatic heterocycles. The third-order valence-electron chi connectivity index (χ3n) is 13.1. The number of carbonyl (C=O) groups excluding carboxylic acids is 10. The Kier molecular flexibility index (Phi) is 22.8. The van der Waals surface area contributed by atoms with Crippen LogP contribution < -0.4 is 58.9 Å². The molecule has 1 aliphatic carbocycles. The SMILES string of the molecule is CNC(=O)[C@@H](C)NC(=O)[C@@H]1CCCN1C(=O)[C@H](CCCCN(C)C(C)C)NC(=O)[C@H](CC(C)C)NC(=O)[C@@H](Cc1ccc(NC(N)=O)cc1)NC(=O)[C@H](CC1=CCC(NC(=O)[C@@H]2CC(=O)NC(=O)N2)C=C1)NC. The number of nitrogens with two attached hydrogens (primary N) is 1. The normalized spacial score (nSPS) is 19.6. The highest BCUT2D eigenvalue weighted by atomic mass is 16.2. The lowest BCUT2D eigenvalue weighted by Gasteiger charge is -2.31. The van der Waals surface area contributed by atoms with Gasteiger partial charge < -0.3 is 63.4 Å².